The molecule has 0 aliphatic carbocycles. The average molecular weight is 370 g/mol. The first-order valence-electron chi connectivity index (χ1n) is 9.76. The van der Waals surface area contributed by atoms with Gasteiger partial charge in [0.1, 0.15) is 17.8 Å². The highest BCUT2D eigenvalue weighted by Gasteiger charge is 2.26. The number of unbranched alkanes of at least 4 members (excludes halogenated alkanes) is 1. The summed E-state index contributed by atoms with van der Waals surface area (Å²) in [5.41, 5.74) is 6.48. The molecule has 140 valence electrons. The minimum atomic E-state index is -0.00637. The first-order valence-corrected chi connectivity index (χ1v) is 9.76. The highest BCUT2D eigenvalue weighted by atomic mass is 16.5. The van der Waals surface area contributed by atoms with E-state index in [0.717, 1.165) is 58.8 Å². The molecule has 0 spiro atoms. The van der Waals surface area contributed by atoms with Gasteiger partial charge >= 0.3 is 0 Å². The summed E-state index contributed by atoms with van der Waals surface area (Å²) in [6, 6.07) is 18.8. The van der Waals surface area contributed by atoms with Crippen LogP contribution in [-0.2, 0) is 0 Å². The first-order chi connectivity index (χ1) is 13.8. The maximum absolute atomic E-state index is 5.95. The Bertz CT molecular complexity index is 1130. The van der Waals surface area contributed by atoms with Crippen LogP contribution in [0.4, 0.5) is 5.69 Å². The predicted molar refractivity (Wildman–Crippen MR) is 111 cm³/mol. The Morgan fingerprint density at radius 2 is 2.04 bits per heavy atom. The van der Waals surface area contributed by atoms with E-state index in [2.05, 4.69) is 64.8 Å². The molecule has 4 aromatic rings. The fourth-order valence-corrected chi connectivity index (χ4v) is 3.84. The van der Waals surface area contributed by atoms with Gasteiger partial charge in [-0.05, 0) is 36.2 Å². The third-order valence-electron chi connectivity index (χ3n) is 5.24. The minimum absolute atomic E-state index is 0.00637. The number of para-hydroxylation sites is 1. The summed E-state index contributed by atoms with van der Waals surface area (Å²) >= 11 is 0. The van der Waals surface area contributed by atoms with Crippen molar-refractivity contribution in [2.24, 2.45) is 0 Å². The van der Waals surface area contributed by atoms with Gasteiger partial charge in [0.05, 0.1) is 18.2 Å². The molecule has 1 N–H and O–H groups in total. The van der Waals surface area contributed by atoms with Crippen molar-refractivity contribution < 1.29 is 4.74 Å². The maximum Gasteiger partial charge on any atom is 0.137 e. The average Bonchev–Trinajstić information content (AvgIpc) is 3.10. The van der Waals surface area contributed by atoms with Crippen molar-refractivity contribution in [1.29, 1.82) is 0 Å². The molecular weight excluding hydrogens is 348 g/mol. The molecule has 0 fully saturated rings. The Morgan fingerprint density at radius 1 is 1.11 bits per heavy atom. The molecule has 1 unspecified atom stereocenters. The van der Waals surface area contributed by atoms with Crippen molar-refractivity contribution in [2.75, 3.05) is 11.9 Å². The van der Waals surface area contributed by atoms with E-state index < -0.39 is 0 Å². The number of aromatic nitrogens is 3. The highest BCUT2D eigenvalue weighted by molar-refractivity contribution is 5.89. The van der Waals surface area contributed by atoms with Gasteiger partial charge in [-0.2, -0.15) is 5.10 Å². The second-order valence-corrected chi connectivity index (χ2v) is 7.07. The summed E-state index contributed by atoms with van der Waals surface area (Å²) in [6.45, 7) is 2.92. The zero-order chi connectivity index (χ0) is 18.9. The van der Waals surface area contributed by atoms with E-state index in [1.54, 1.807) is 6.33 Å². The molecule has 28 heavy (non-hydrogen) atoms. The predicted octanol–water partition coefficient (Wildman–Crippen LogP) is 5.09. The van der Waals surface area contributed by atoms with Gasteiger partial charge in [-0.3, -0.25) is 0 Å². The Labute approximate surface area is 164 Å². The monoisotopic (exact) mass is 370 g/mol. The normalized spacial score (nSPS) is 15.0. The summed E-state index contributed by atoms with van der Waals surface area (Å²) in [5.74, 6) is 0.908. The maximum atomic E-state index is 5.95. The van der Waals surface area contributed by atoms with Gasteiger partial charge in [0.25, 0.3) is 0 Å². The molecule has 1 aliphatic heterocycles. The van der Waals surface area contributed by atoms with Crippen molar-refractivity contribution in [3.05, 3.63) is 78.2 Å². The number of ether oxygens (including phenoxy) is 1. The summed E-state index contributed by atoms with van der Waals surface area (Å²) in [5, 5.41) is 8.13. The number of nitrogens with one attached hydrogen (secondary N) is 1. The molecule has 5 nitrogen and oxygen atoms in total. The van der Waals surface area contributed by atoms with E-state index in [-0.39, 0.29) is 6.04 Å². The van der Waals surface area contributed by atoms with Crippen molar-refractivity contribution >= 4 is 11.2 Å². The lowest BCUT2D eigenvalue weighted by atomic mass is 9.99. The van der Waals surface area contributed by atoms with Gasteiger partial charge in [-0.25, -0.2) is 9.50 Å². The minimum Gasteiger partial charge on any atom is -0.494 e. The van der Waals surface area contributed by atoms with Crippen LogP contribution in [0.5, 0.6) is 5.75 Å². The molecule has 0 saturated carbocycles. The Hall–Kier alpha value is -3.34. The SMILES string of the molecule is CCCCOc1cccc(C2Nc3ccccc3-c3ncnn4ccc2c34)c1. The zero-order valence-corrected chi connectivity index (χ0v) is 15.8. The van der Waals surface area contributed by atoms with Gasteiger partial charge in [0.15, 0.2) is 0 Å². The Balaban J connectivity index is 1.64. The lowest BCUT2D eigenvalue weighted by Gasteiger charge is -2.20. The number of hydrogen-bond donors (Lipinski definition) is 1. The molecule has 5 rings (SSSR count). The van der Waals surface area contributed by atoms with Crippen LogP contribution in [0, 0.1) is 0 Å². The van der Waals surface area contributed by atoms with E-state index in [9.17, 15) is 0 Å². The van der Waals surface area contributed by atoms with Crippen LogP contribution in [0.1, 0.15) is 36.9 Å². The molecule has 0 saturated heterocycles. The van der Waals surface area contributed by atoms with Crippen molar-refractivity contribution in [1.82, 2.24) is 14.6 Å². The standard InChI is InChI=1S/C23H22N4O/c1-2-3-13-28-17-8-6-7-16(14-17)21-19-11-12-27-23(19)22(24-15-25-27)18-9-4-5-10-20(18)26-21/h4-12,14-15,21,26H,2-3,13H2,1H3. The summed E-state index contributed by atoms with van der Waals surface area (Å²) < 4.78 is 7.86. The molecule has 2 aromatic heterocycles. The number of rotatable bonds is 5. The first kappa shape index (κ1) is 16.8. The molecule has 0 radical (unpaired) electrons. The molecule has 1 aliphatic rings. The second kappa shape index (κ2) is 7.00. The summed E-state index contributed by atoms with van der Waals surface area (Å²) in [6.07, 6.45) is 5.80. The number of nitrogens with zero attached hydrogens (tertiary/aromatic N) is 3. The summed E-state index contributed by atoms with van der Waals surface area (Å²) in [7, 11) is 0. The lowest BCUT2D eigenvalue weighted by molar-refractivity contribution is 0.309. The van der Waals surface area contributed by atoms with E-state index >= 15 is 0 Å². The van der Waals surface area contributed by atoms with E-state index in [0.29, 0.717) is 0 Å². The van der Waals surface area contributed by atoms with E-state index in [1.165, 1.54) is 0 Å². The van der Waals surface area contributed by atoms with E-state index in [4.69, 9.17) is 4.74 Å². The Kier molecular flexibility index (Phi) is 4.20. The largest absolute Gasteiger partial charge is 0.494 e. The molecule has 0 amide bonds. The fraction of sp³-hybridized carbons (Fsp3) is 0.217. The highest BCUT2D eigenvalue weighted by Crippen LogP contribution is 2.41. The molecule has 3 heterocycles. The number of fused-ring (bicyclic) bond motifs is 2. The fourth-order valence-electron chi connectivity index (χ4n) is 3.84. The number of anilines is 1. The van der Waals surface area contributed by atoms with Gasteiger partial charge in [-0.1, -0.05) is 43.7 Å². The molecule has 2 aromatic carbocycles. The molecule has 0 bridgehead atoms. The van der Waals surface area contributed by atoms with Gasteiger partial charge in [0, 0.05) is 23.0 Å². The Morgan fingerprint density at radius 3 is 2.96 bits per heavy atom. The van der Waals surface area contributed by atoms with Gasteiger partial charge in [-0.15, -0.1) is 0 Å². The number of hydrogen-bond acceptors (Lipinski definition) is 4. The molecular formula is C23H22N4O. The van der Waals surface area contributed by atoms with Crippen LogP contribution in [-0.4, -0.2) is 21.2 Å². The van der Waals surface area contributed by atoms with Gasteiger partial charge < -0.3 is 10.1 Å². The van der Waals surface area contributed by atoms with E-state index in [1.807, 2.05) is 22.8 Å². The third-order valence-corrected chi connectivity index (χ3v) is 5.24. The van der Waals surface area contributed by atoms with Crippen LogP contribution < -0.4 is 10.1 Å². The molecule has 1 atom stereocenters. The van der Waals surface area contributed by atoms with Crippen molar-refractivity contribution in [2.45, 2.75) is 25.8 Å². The second-order valence-electron chi connectivity index (χ2n) is 7.07. The van der Waals surface area contributed by atoms with Crippen molar-refractivity contribution in [3.63, 3.8) is 0 Å². The molecule has 5 heteroatoms. The van der Waals surface area contributed by atoms with Crippen LogP contribution in [0.2, 0.25) is 0 Å². The lowest BCUT2D eigenvalue weighted by Crippen LogP contribution is -2.11. The third kappa shape index (κ3) is 2.80. The van der Waals surface area contributed by atoms with Crippen LogP contribution >= 0.6 is 0 Å². The van der Waals surface area contributed by atoms with Crippen LogP contribution in [0.15, 0.2) is 67.1 Å². The smallest absolute Gasteiger partial charge is 0.137 e. The number of benzene rings is 2. The topological polar surface area (TPSA) is 51.5 Å². The van der Waals surface area contributed by atoms with Crippen molar-refractivity contribution in [3.8, 4) is 17.0 Å². The quantitative estimate of drug-likeness (QED) is 0.497. The van der Waals surface area contributed by atoms with Crippen LogP contribution in [0.25, 0.3) is 16.8 Å². The zero-order valence-electron chi connectivity index (χ0n) is 15.8. The van der Waals surface area contributed by atoms with Gasteiger partial charge in [0.2, 0.25) is 0 Å². The summed E-state index contributed by atoms with van der Waals surface area (Å²) in [4.78, 5) is 4.61. The van der Waals surface area contributed by atoms with Crippen LogP contribution in [0.3, 0.4) is 0 Å².